The minimum absolute atomic E-state index is 0.106. The zero-order chi connectivity index (χ0) is 21.3. The van der Waals surface area contributed by atoms with Gasteiger partial charge in [-0.3, -0.25) is 0 Å². The van der Waals surface area contributed by atoms with Gasteiger partial charge in [0.1, 0.15) is 11.6 Å². The van der Waals surface area contributed by atoms with Crippen molar-refractivity contribution in [3.8, 4) is 0 Å². The predicted molar refractivity (Wildman–Crippen MR) is 112 cm³/mol. The summed E-state index contributed by atoms with van der Waals surface area (Å²) >= 11 is 0. The number of carbonyl (C=O) groups is 1. The maximum atomic E-state index is 14.2. The van der Waals surface area contributed by atoms with Crippen LogP contribution in [0.1, 0.15) is 29.5 Å². The smallest absolute Gasteiger partial charge is 0.317 e. The molecule has 3 rings (SSSR count). The highest BCUT2D eigenvalue weighted by Crippen LogP contribution is 2.18. The average molecular weight is 418 g/mol. The summed E-state index contributed by atoms with van der Waals surface area (Å²) < 4.78 is 32.5. The van der Waals surface area contributed by atoms with Gasteiger partial charge in [-0.15, -0.1) is 0 Å². The Balaban J connectivity index is 1.65. The quantitative estimate of drug-likeness (QED) is 0.687. The molecular weight excluding hydrogens is 388 g/mol. The lowest BCUT2D eigenvalue weighted by Crippen LogP contribution is -2.43. The van der Waals surface area contributed by atoms with Gasteiger partial charge in [0.2, 0.25) is 0 Å². The van der Waals surface area contributed by atoms with Crippen LogP contribution < -0.4 is 10.6 Å². The first-order valence-corrected chi connectivity index (χ1v) is 10.3. The third kappa shape index (κ3) is 6.50. The van der Waals surface area contributed by atoms with Gasteiger partial charge in [-0.25, -0.2) is 13.6 Å². The van der Waals surface area contributed by atoms with E-state index in [2.05, 4.69) is 10.6 Å². The molecule has 162 valence electrons. The summed E-state index contributed by atoms with van der Waals surface area (Å²) in [5.41, 5.74) is 2.34. The normalized spacial score (nSPS) is 14.5. The first-order valence-electron chi connectivity index (χ1n) is 10.3. The molecule has 0 spiro atoms. The molecule has 0 aromatic heterocycles. The summed E-state index contributed by atoms with van der Waals surface area (Å²) in [6, 6.07) is 11.1. The van der Waals surface area contributed by atoms with E-state index in [-0.39, 0.29) is 12.6 Å². The van der Waals surface area contributed by atoms with Crippen LogP contribution in [-0.2, 0) is 24.4 Å². The minimum atomic E-state index is -0.633. The first kappa shape index (κ1) is 22.2. The summed E-state index contributed by atoms with van der Waals surface area (Å²) in [6.07, 6.45) is 1.94. The van der Waals surface area contributed by atoms with Gasteiger partial charge in [-0.2, -0.15) is 0 Å². The van der Waals surface area contributed by atoms with Crippen molar-refractivity contribution in [1.29, 1.82) is 0 Å². The molecule has 1 fully saturated rings. The van der Waals surface area contributed by atoms with Crippen molar-refractivity contribution in [2.24, 2.45) is 5.92 Å². The highest BCUT2D eigenvalue weighted by atomic mass is 19.1. The Morgan fingerprint density at radius 2 is 1.83 bits per heavy atom. The van der Waals surface area contributed by atoms with Gasteiger partial charge in [0.15, 0.2) is 0 Å². The number of urea groups is 1. The topological polar surface area (TPSA) is 53.6 Å². The number of rotatable bonds is 8. The highest BCUT2D eigenvalue weighted by Gasteiger charge is 2.22. The van der Waals surface area contributed by atoms with Crippen LogP contribution in [0.2, 0.25) is 0 Å². The second-order valence-corrected chi connectivity index (χ2v) is 7.72. The van der Waals surface area contributed by atoms with Gasteiger partial charge < -0.3 is 20.3 Å². The maximum absolute atomic E-state index is 14.2. The molecule has 2 N–H and O–H groups in total. The molecule has 0 atom stereocenters. The van der Waals surface area contributed by atoms with E-state index in [1.54, 1.807) is 12.0 Å². The van der Waals surface area contributed by atoms with E-state index in [0.29, 0.717) is 31.2 Å². The van der Waals surface area contributed by atoms with E-state index in [1.807, 2.05) is 24.3 Å². The fourth-order valence-electron chi connectivity index (χ4n) is 3.66. The SMILES string of the molecule is COCc1ccc(CNC(=O)N(Cc2ccc(F)cc2F)CC2CCNCC2)cc1. The summed E-state index contributed by atoms with van der Waals surface area (Å²) in [7, 11) is 1.65. The second kappa shape index (κ2) is 11.0. The van der Waals surface area contributed by atoms with E-state index >= 15 is 0 Å². The molecule has 2 aromatic rings. The van der Waals surface area contributed by atoms with E-state index < -0.39 is 11.6 Å². The molecule has 1 heterocycles. The molecule has 30 heavy (non-hydrogen) atoms. The van der Waals surface area contributed by atoms with Crippen LogP contribution in [0.5, 0.6) is 0 Å². The molecule has 1 saturated heterocycles. The Hall–Kier alpha value is -2.51. The molecule has 2 aromatic carbocycles. The van der Waals surface area contributed by atoms with Crippen LogP contribution >= 0.6 is 0 Å². The fraction of sp³-hybridized carbons (Fsp3) is 0.435. The van der Waals surface area contributed by atoms with Crippen molar-refractivity contribution in [3.63, 3.8) is 0 Å². The Morgan fingerprint density at radius 1 is 1.13 bits per heavy atom. The summed E-state index contributed by atoms with van der Waals surface area (Å²) in [5.74, 6) is -0.900. The standard InChI is InChI=1S/C23H29F2N3O2/c1-30-16-19-4-2-17(3-5-19)13-27-23(29)28(14-18-8-10-26-11-9-18)15-20-6-7-21(24)12-22(20)25/h2-7,12,18,26H,8-11,13-16H2,1H3,(H,27,29). The number of piperidine rings is 1. The maximum Gasteiger partial charge on any atom is 0.317 e. The number of ether oxygens (including phenoxy) is 1. The fourth-order valence-corrected chi connectivity index (χ4v) is 3.66. The molecule has 5 nitrogen and oxygen atoms in total. The lowest BCUT2D eigenvalue weighted by molar-refractivity contribution is 0.175. The van der Waals surface area contributed by atoms with Crippen molar-refractivity contribution in [2.75, 3.05) is 26.7 Å². The third-order valence-corrected chi connectivity index (χ3v) is 5.38. The van der Waals surface area contributed by atoms with Crippen molar-refractivity contribution >= 4 is 6.03 Å². The third-order valence-electron chi connectivity index (χ3n) is 5.38. The lowest BCUT2D eigenvalue weighted by atomic mass is 9.97. The summed E-state index contributed by atoms with van der Waals surface area (Å²) in [6.45, 7) is 3.39. The van der Waals surface area contributed by atoms with Crippen molar-refractivity contribution < 1.29 is 18.3 Å². The van der Waals surface area contributed by atoms with Gasteiger partial charge in [-0.1, -0.05) is 30.3 Å². The van der Waals surface area contributed by atoms with E-state index in [0.717, 1.165) is 43.1 Å². The second-order valence-electron chi connectivity index (χ2n) is 7.72. The predicted octanol–water partition coefficient (Wildman–Crippen LogP) is 3.82. The van der Waals surface area contributed by atoms with Crippen molar-refractivity contribution in [3.05, 3.63) is 70.8 Å². The number of carbonyl (C=O) groups excluding carboxylic acids is 1. The molecule has 1 aliphatic rings. The minimum Gasteiger partial charge on any atom is -0.380 e. The largest absolute Gasteiger partial charge is 0.380 e. The first-order chi connectivity index (χ1) is 14.5. The molecule has 0 saturated carbocycles. The van der Waals surface area contributed by atoms with Crippen LogP contribution in [0.15, 0.2) is 42.5 Å². The summed E-state index contributed by atoms with van der Waals surface area (Å²) in [5, 5.41) is 6.25. The Bertz CT molecular complexity index is 824. The molecule has 0 aliphatic carbocycles. The van der Waals surface area contributed by atoms with E-state index in [1.165, 1.54) is 12.1 Å². The average Bonchev–Trinajstić information content (AvgIpc) is 2.75. The molecule has 7 heteroatoms. The van der Waals surface area contributed by atoms with Crippen LogP contribution in [0, 0.1) is 17.6 Å². The monoisotopic (exact) mass is 417 g/mol. The van der Waals surface area contributed by atoms with Crippen LogP contribution in [0.3, 0.4) is 0 Å². The van der Waals surface area contributed by atoms with E-state index in [4.69, 9.17) is 4.74 Å². The van der Waals surface area contributed by atoms with Gasteiger partial charge in [-0.05, 0) is 49.0 Å². The Labute approximate surface area is 176 Å². The zero-order valence-electron chi connectivity index (χ0n) is 17.3. The number of benzene rings is 2. The Morgan fingerprint density at radius 3 is 2.50 bits per heavy atom. The van der Waals surface area contributed by atoms with E-state index in [9.17, 15) is 13.6 Å². The highest BCUT2D eigenvalue weighted by molar-refractivity contribution is 5.74. The Kier molecular flexibility index (Phi) is 8.16. The van der Waals surface area contributed by atoms with Crippen LogP contribution in [-0.4, -0.2) is 37.7 Å². The number of nitrogens with zero attached hydrogens (tertiary/aromatic N) is 1. The number of methoxy groups -OCH3 is 1. The van der Waals surface area contributed by atoms with Gasteiger partial charge in [0.05, 0.1) is 13.2 Å². The van der Waals surface area contributed by atoms with Crippen molar-refractivity contribution in [2.45, 2.75) is 32.5 Å². The number of hydrogen-bond donors (Lipinski definition) is 2. The van der Waals surface area contributed by atoms with Crippen LogP contribution in [0.25, 0.3) is 0 Å². The molecule has 0 bridgehead atoms. The molecule has 1 aliphatic heterocycles. The molecule has 0 unspecified atom stereocenters. The zero-order valence-corrected chi connectivity index (χ0v) is 17.3. The molecule has 2 amide bonds. The van der Waals surface area contributed by atoms with Gasteiger partial charge in [0, 0.05) is 31.8 Å². The number of amides is 2. The molecule has 0 radical (unpaired) electrons. The van der Waals surface area contributed by atoms with Gasteiger partial charge in [0.25, 0.3) is 0 Å². The number of nitrogens with one attached hydrogen (secondary N) is 2. The van der Waals surface area contributed by atoms with Crippen LogP contribution in [0.4, 0.5) is 13.6 Å². The summed E-state index contributed by atoms with van der Waals surface area (Å²) in [4.78, 5) is 14.6. The van der Waals surface area contributed by atoms with Gasteiger partial charge >= 0.3 is 6.03 Å². The lowest BCUT2D eigenvalue weighted by Gasteiger charge is -2.30. The molecular formula is C23H29F2N3O2. The number of halogens is 2. The number of hydrogen-bond acceptors (Lipinski definition) is 3. The van der Waals surface area contributed by atoms with Crippen molar-refractivity contribution in [1.82, 2.24) is 15.5 Å².